The first-order valence-corrected chi connectivity index (χ1v) is 7.25. The van der Waals surface area contributed by atoms with E-state index in [0.717, 1.165) is 18.1 Å². The molecule has 4 N–H and O–H groups in total. The number of aliphatic carboxylic acids is 1. The molecule has 0 heterocycles. The number of aliphatic hydroxyl groups is 1. The van der Waals surface area contributed by atoms with Gasteiger partial charge in [-0.1, -0.05) is 29.8 Å². The minimum absolute atomic E-state index is 0.253. The third kappa shape index (κ3) is 6.92. The number of amides is 2. The molecule has 7 nitrogen and oxygen atoms in total. The fourth-order valence-electron chi connectivity index (χ4n) is 1.69. The lowest BCUT2D eigenvalue weighted by atomic mass is 10.1. The molecular formula is C16H22N2O5. The van der Waals surface area contributed by atoms with Crippen molar-refractivity contribution in [3.05, 3.63) is 35.4 Å². The molecule has 0 aliphatic rings. The fourth-order valence-corrected chi connectivity index (χ4v) is 1.69. The molecular weight excluding hydrogens is 300 g/mol. The summed E-state index contributed by atoms with van der Waals surface area (Å²) < 4.78 is 0. The van der Waals surface area contributed by atoms with Crippen LogP contribution in [0.3, 0.4) is 0 Å². The van der Waals surface area contributed by atoms with Crippen LogP contribution in [0.5, 0.6) is 0 Å². The predicted octanol–water partition coefficient (Wildman–Crippen LogP) is -0.00438. The van der Waals surface area contributed by atoms with Gasteiger partial charge in [-0.05, 0) is 25.8 Å². The minimum Gasteiger partial charge on any atom is -0.479 e. The van der Waals surface area contributed by atoms with E-state index in [0.29, 0.717) is 6.42 Å². The number of hydrogen-bond donors (Lipinski definition) is 4. The first kappa shape index (κ1) is 18.6. The number of hydrogen-bond acceptors (Lipinski definition) is 4. The van der Waals surface area contributed by atoms with Crippen LogP contribution in [-0.4, -0.2) is 46.7 Å². The highest BCUT2D eigenvalue weighted by Gasteiger charge is 2.30. The van der Waals surface area contributed by atoms with Crippen LogP contribution in [0.2, 0.25) is 0 Å². The number of carbonyl (C=O) groups is 3. The Morgan fingerprint density at radius 3 is 2.26 bits per heavy atom. The molecule has 1 unspecified atom stereocenters. The highest BCUT2D eigenvalue weighted by molar-refractivity contribution is 5.85. The van der Waals surface area contributed by atoms with Crippen molar-refractivity contribution in [2.75, 3.05) is 13.1 Å². The van der Waals surface area contributed by atoms with Crippen molar-refractivity contribution in [2.45, 2.75) is 32.3 Å². The Morgan fingerprint density at radius 2 is 1.70 bits per heavy atom. The summed E-state index contributed by atoms with van der Waals surface area (Å²) in [6.07, 6.45) is 0.824. The van der Waals surface area contributed by atoms with Gasteiger partial charge >= 0.3 is 5.97 Å². The van der Waals surface area contributed by atoms with E-state index in [1.165, 1.54) is 0 Å². The van der Waals surface area contributed by atoms with Gasteiger partial charge in [0.1, 0.15) is 0 Å². The van der Waals surface area contributed by atoms with Crippen molar-refractivity contribution in [1.82, 2.24) is 10.6 Å². The molecule has 1 atom stereocenters. The first-order chi connectivity index (χ1) is 10.7. The number of carboxylic acid groups (broad SMARTS) is 1. The molecule has 0 saturated carbocycles. The summed E-state index contributed by atoms with van der Waals surface area (Å²) in [5.41, 5.74) is 0.144. The maximum absolute atomic E-state index is 11.7. The molecule has 1 aromatic rings. The summed E-state index contributed by atoms with van der Waals surface area (Å²) in [4.78, 5) is 33.8. The van der Waals surface area contributed by atoms with Gasteiger partial charge in [0.25, 0.3) is 0 Å². The molecule has 0 aliphatic carbocycles. The summed E-state index contributed by atoms with van der Waals surface area (Å²) >= 11 is 0. The largest absolute Gasteiger partial charge is 0.479 e. The topological polar surface area (TPSA) is 116 Å². The molecule has 0 saturated heterocycles. The van der Waals surface area contributed by atoms with E-state index in [1.54, 1.807) is 0 Å². The molecule has 2 amide bonds. The van der Waals surface area contributed by atoms with Crippen molar-refractivity contribution in [3.8, 4) is 0 Å². The lowest BCUT2D eigenvalue weighted by Gasteiger charge is -2.18. The van der Waals surface area contributed by atoms with Crippen LogP contribution in [0.25, 0.3) is 0 Å². The maximum atomic E-state index is 11.7. The second-order valence-corrected chi connectivity index (χ2v) is 5.62. The molecule has 1 rings (SSSR count). The van der Waals surface area contributed by atoms with Gasteiger partial charge in [0.2, 0.25) is 11.8 Å². The molecule has 1 aromatic carbocycles. The van der Waals surface area contributed by atoms with E-state index in [-0.39, 0.29) is 18.9 Å². The normalized spacial score (nSPS) is 13.0. The third-order valence-electron chi connectivity index (χ3n) is 3.30. The first-order valence-electron chi connectivity index (χ1n) is 7.25. The van der Waals surface area contributed by atoms with Gasteiger partial charge in [0.05, 0.1) is 13.1 Å². The zero-order valence-electron chi connectivity index (χ0n) is 13.3. The Balaban J connectivity index is 2.26. The molecule has 0 aromatic heterocycles. The van der Waals surface area contributed by atoms with Crippen LogP contribution in [-0.2, 0) is 20.8 Å². The van der Waals surface area contributed by atoms with Crippen LogP contribution in [0.15, 0.2) is 24.3 Å². The van der Waals surface area contributed by atoms with E-state index in [9.17, 15) is 19.5 Å². The van der Waals surface area contributed by atoms with Gasteiger partial charge in [0, 0.05) is 6.42 Å². The molecule has 0 spiro atoms. The van der Waals surface area contributed by atoms with Gasteiger partial charge in [-0.2, -0.15) is 0 Å². The van der Waals surface area contributed by atoms with Crippen molar-refractivity contribution >= 4 is 17.8 Å². The lowest BCUT2D eigenvalue weighted by molar-refractivity contribution is -0.156. The summed E-state index contributed by atoms with van der Waals surface area (Å²) in [5, 5.41) is 22.8. The van der Waals surface area contributed by atoms with E-state index >= 15 is 0 Å². The van der Waals surface area contributed by atoms with E-state index < -0.39 is 24.0 Å². The molecule has 23 heavy (non-hydrogen) atoms. The van der Waals surface area contributed by atoms with Gasteiger partial charge < -0.3 is 20.8 Å². The predicted molar refractivity (Wildman–Crippen MR) is 83.8 cm³/mol. The monoisotopic (exact) mass is 322 g/mol. The van der Waals surface area contributed by atoms with Gasteiger partial charge in [-0.15, -0.1) is 0 Å². The second-order valence-electron chi connectivity index (χ2n) is 5.62. The number of carboxylic acids is 1. The molecule has 7 heteroatoms. The fraction of sp³-hybridized carbons (Fsp3) is 0.438. The smallest absolute Gasteiger partial charge is 0.337 e. The SMILES string of the molecule is Cc1ccc(CCC(=O)NCC(=O)NCC(C)(O)C(=O)O)cc1. The molecule has 0 fully saturated rings. The number of aryl methyl sites for hydroxylation is 2. The summed E-state index contributed by atoms with van der Waals surface area (Å²) in [5.74, 6) is -2.26. The Morgan fingerprint density at radius 1 is 1.09 bits per heavy atom. The summed E-state index contributed by atoms with van der Waals surface area (Å²) in [6.45, 7) is 2.37. The van der Waals surface area contributed by atoms with Crippen molar-refractivity contribution < 1.29 is 24.6 Å². The number of carbonyl (C=O) groups excluding carboxylic acids is 2. The van der Waals surface area contributed by atoms with Crippen LogP contribution in [0, 0.1) is 6.92 Å². The van der Waals surface area contributed by atoms with E-state index in [2.05, 4.69) is 10.6 Å². The second kappa shape index (κ2) is 8.28. The Labute approximate surface area is 134 Å². The Kier molecular flexibility index (Phi) is 6.71. The molecule has 0 aliphatic heterocycles. The number of nitrogens with one attached hydrogen (secondary N) is 2. The molecule has 0 bridgehead atoms. The standard InChI is InChI=1S/C16H22N2O5/c1-11-3-5-12(6-4-11)7-8-13(19)17-9-14(20)18-10-16(2,23)15(21)22/h3-6,23H,7-10H2,1-2H3,(H,17,19)(H,18,20)(H,21,22). The van der Waals surface area contributed by atoms with Crippen LogP contribution < -0.4 is 10.6 Å². The summed E-state index contributed by atoms with van der Waals surface area (Å²) in [7, 11) is 0. The molecule has 126 valence electrons. The van der Waals surface area contributed by atoms with E-state index in [1.807, 2.05) is 31.2 Å². The lowest BCUT2D eigenvalue weighted by Crippen LogP contribution is -2.48. The van der Waals surface area contributed by atoms with Crippen LogP contribution >= 0.6 is 0 Å². The zero-order valence-corrected chi connectivity index (χ0v) is 13.3. The Bertz CT molecular complexity index is 566. The van der Waals surface area contributed by atoms with Gasteiger partial charge in [-0.25, -0.2) is 4.79 Å². The van der Waals surface area contributed by atoms with Crippen molar-refractivity contribution in [3.63, 3.8) is 0 Å². The van der Waals surface area contributed by atoms with Crippen molar-refractivity contribution in [2.24, 2.45) is 0 Å². The quantitative estimate of drug-likeness (QED) is 0.537. The van der Waals surface area contributed by atoms with Crippen LogP contribution in [0.4, 0.5) is 0 Å². The van der Waals surface area contributed by atoms with E-state index in [4.69, 9.17) is 5.11 Å². The number of benzene rings is 1. The van der Waals surface area contributed by atoms with Crippen molar-refractivity contribution in [1.29, 1.82) is 0 Å². The molecule has 0 radical (unpaired) electrons. The maximum Gasteiger partial charge on any atom is 0.337 e. The van der Waals surface area contributed by atoms with Gasteiger partial charge in [0.15, 0.2) is 5.60 Å². The average Bonchev–Trinajstić information content (AvgIpc) is 2.50. The highest BCUT2D eigenvalue weighted by Crippen LogP contribution is 2.05. The number of rotatable bonds is 8. The summed E-state index contributed by atoms with van der Waals surface area (Å²) in [6, 6.07) is 7.83. The highest BCUT2D eigenvalue weighted by atomic mass is 16.4. The third-order valence-corrected chi connectivity index (χ3v) is 3.30. The average molecular weight is 322 g/mol. The zero-order chi connectivity index (χ0) is 17.5. The van der Waals surface area contributed by atoms with Crippen LogP contribution in [0.1, 0.15) is 24.5 Å². The Hall–Kier alpha value is -2.41. The minimum atomic E-state index is -2.04. The van der Waals surface area contributed by atoms with Gasteiger partial charge in [-0.3, -0.25) is 9.59 Å².